The summed E-state index contributed by atoms with van der Waals surface area (Å²) >= 11 is 0. The van der Waals surface area contributed by atoms with Crippen LogP contribution in [0.15, 0.2) is 30.5 Å². The highest BCUT2D eigenvalue weighted by Gasteiger charge is 2.24. The number of halogens is 1. The van der Waals surface area contributed by atoms with Gasteiger partial charge in [0, 0.05) is 40.3 Å². The van der Waals surface area contributed by atoms with Gasteiger partial charge in [0.25, 0.3) is 0 Å². The van der Waals surface area contributed by atoms with Crippen molar-refractivity contribution in [2.24, 2.45) is 0 Å². The fraction of sp³-hybridized carbons (Fsp3) is 0.389. The van der Waals surface area contributed by atoms with Gasteiger partial charge in [-0.15, -0.1) is 0 Å². The maximum absolute atomic E-state index is 13.7. The number of nitrogens with zero attached hydrogens (tertiary/aromatic N) is 4. The highest BCUT2D eigenvalue weighted by atomic mass is 19.1. The molecular formula is C18H22FN5O. The van der Waals surface area contributed by atoms with Crippen molar-refractivity contribution in [3.05, 3.63) is 47.4 Å². The van der Waals surface area contributed by atoms with Crippen molar-refractivity contribution in [1.29, 1.82) is 0 Å². The van der Waals surface area contributed by atoms with Gasteiger partial charge in [0.1, 0.15) is 11.6 Å². The molecule has 1 aromatic carbocycles. The lowest BCUT2D eigenvalue weighted by Crippen LogP contribution is -2.28. The molecule has 2 aromatic rings. The van der Waals surface area contributed by atoms with Crippen LogP contribution in [0, 0.1) is 5.82 Å². The largest absolute Gasteiger partial charge is 0.363 e. The standard InChI is InChI=1S/C18H22FN5O/c1-12(25)24-9-7-16(15-5-4-14(19)10-13(15)11-24)21-18-20-8-6-17(22-18)23(2)3/h4-6,8,10,16H,7,9,11H2,1-3H3,(H,20,21,22). The summed E-state index contributed by atoms with van der Waals surface area (Å²) in [5, 5.41) is 3.34. The van der Waals surface area contributed by atoms with Gasteiger partial charge in [0.15, 0.2) is 0 Å². The molecule has 6 nitrogen and oxygen atoms in total. The number of benzene rings is 1. The highest BCUT2D eigenvalue weighted by molar-refractivity contribution is 5.73. The van der Waals surface area contributed by atoms with Gasteiger partial charge in [-0.25, -0.2) is 9.37 Å². The van der Waals surface area contributed by atoms with E-state index in [4.69, 9.17) is 0 Å². The third-order valence-corrected chi connectivity index (χ3v) is 4.38. The van der Waals surface area contributed by atoms with Crippen molar-refractivity contribution in [1.82, 2.24) is 14.9 Å². The Kier molecular flexibility index (Phi) is 4.83. The first-order valence-electron chi connectivity index (χ1n) is 8.25. The van der Waals surface area contributed by atoms with Crippen molar-refractivity contribution in [2.75, 3.05) is 30.9 Å². The number of anilines is 2. The first-order chi connectivity index (χ1) is 11.9. The Morgan fingerprint density at radius 1 is 1.36 bits per heavy atom. The summed E-state index contributed by atoms with van der Waals surface area (Å²) in [6.45, 7) is 2.55. The number of carbonyl (C=O) groups excluding carboxylic acids is 1. The Hall–Kier alpha value is -2.70. The zero-order chi connectivity index (χ0) is 18.0. The average Bonchev–Trinajstić information content (AvgIpc) is 2.74. The van der Waals surface area contributed by atoms with Crippen LogP contribution >= 0.6 is 0 Å². The van der Waals surface area contributed by atoms with E-state index < -0.39 is 0 Å². The number of fused-ring (bicyclic) bond motifs is 1. The molecule has 3 rings (SSSR count). The van der Waals surface area contributed by atoms with Crippen molar-refractivity contribution in [2.45, 2.75) is 25.9 Å². The van der Waals surface area contributed by atoms with E-state index in [0.29, 0.717) is 25.5 Å². The second-order valence-electron chi connectivity index (χ2n) is 6.40. The van der Waals surface area contributed by atoms with Crippen molar-refractivity contribution >= 4 is 17.7 Å². The number of hydrogen-bond acceptors (Lipinski definition) is 5. The lowest BCUT2D eigenvalue weighted by molar-refractivity contribution is -0.129. The second kappa shape index (κ2) is 7.04. The maximum atomic E-state index is 13.7. The Morgan fingerprint density at radius 2 is 2.16 bits per heavy atom. The van der Waals surface area contributed by atoms with E-state index in [1.54, 1.807) is 17.2 Å². The molecule has 1 aliphatic rings. The molecule has 7 heteroatoms. The van der Waals surface area contributed by atoms with E-state index in [1.807, 2.05) is 25.1 Å². The Bertz CT molecular complexity index is 780. The van der Waals surface area contributed by atoms with Crippen molar-refractivity contribution in [3.63, 3.8) is 0 Å². The first kappa shape index (κ1) is 17.1. The minimum Gasteiger partial charge on any atom is -0.363 e. The van der Waals surface area contributed by atoms with Gasteiger partial charge in [-0.1, -0.05) is 6.07 Å². The fourth-order valence-electron chi connectivity index (χ4n) is 3.02. The molecule has 1 aliphatic heterocycles. The summed E-state index contributed by atoms with van der Waals surface area (Å²) in [5.41, 5.74) is 1.79. The maximum Gasteiger partial charge on any atom is 0.225 e. The minimum atomic E-state index is -0.297. The number of aromatic nitrogens is 2. The van der Waals surface area contributed by atoms with E-state index in [1.165, 1.54) is 19.1 Å². The Balaban J connectivity index is 1.91. The number of amides is 1. The summed E-state index contributed by atoms with van der Waals surface area (Å²) in [6.07, 6.45) is 2.41. The average molecular weight is 343 g/mol. The normalized spacial score (nSPS) is 16.8. The summed E-state index contributed by atoms with van der Waals surface area (Å²) in [6, 6.07) is 6.48. The second-order valence-corrected chi connectivity index (χ2v) is 6.40. The molecule has 1 N–H and O–H groups in total. The van der Waals surface area contributed by atoms with E-state index in [0.717, 1.165) is 16.9 Å². The van der Waals surface area contributed by atoms with Gasteiger partial charge in [0.05, 0.1) is 6.04 Å². The van der Waals surface area contributed by atoms with E-state index in [2.05, 4.69) is 15.3 Å². The third-order valence-electron chi connectivity index (χ3n) is 4.38. The van der Waals surface area contributed by atoms with Gasteiger partial charge in [0.2, 0.25) is 11.9 Å². The lowest BCUT2D eigenvalue weighted by atomic mass is 9.99. The molecule has 0 radical (unpaired) electrons. The van der Waals surface area contributed by atoms with Crippen molar-refractivity contribution in [3.8, 4) is 0 Å². The van der Waals surface area contributed by atoms with Crippen LogP contribution in [0.3, 0.4) is 0 Å². The third kappa shape index (κ3) is 3.87. The number of rotatable bonds is 3. The van der Waals surface area contributed by atoms with E-state index in [-0.39, 0.29) is 17.8 Å². The number of nitrogens with one attached hydrogen (secondary N) is 1. The van der Waals surface area contributed by atoms with Crippen LogP contribution in [0.1, 0.15) is 30.5 Å². The first-order valence-corrected chi connectivity index (χ1v) is 8.25. The summed E-state index contributed by atoms with van der Waals surface area (Å²) in [5.74, 6) is 1.01. The SMILES string of the molecule is CC(=O)N1CCC(Nc2nccc(N(C)C)n2)c2ccc(F)cc2C1. The molecule has 25 heavy (non-hydrogen) atoms. The molecule has 1 unspecified atom stereocenters. The van der Waals surface area contributed by atoms with E-state index >= 15 is 0 Å². The molecule has 0 saturated heterocycles. The highest BCUT2D eigenvalue weighted by Crippen LogP contribution is 2.30. The van der Waals surface area contributed by atoms with Gasteiger partial charge < -0.3 is 15.1 Å². The molecular weight excluding hydrogens is 321 g/mol. The molecule has 132 valence electrons. The van der Waals surface area contributed by atoms with Crippen LogP contribution in [-0.4, -0.2) is 41.4 Å². The van der Waals surface area contributed by atoms with Crippen LogP contribution in [-0.2, 0) is 11.3 Å². The fourth-order valence-corrected chi connectivity index (χ4v) is 3.02. The van der Waals surface area contributed by atoms with Gasteiger partial charge >= 0.3 is 0 Å². The van der Waals surface area contributed by atoms with Gasteiger partial charge in [-0.05, 0) is 35.7 Å². The van der Waals surface area contributed by atoms with Crippen molar-refractivity contribution < 1.29 is 9.18 Å². The Labute approximate surface area is 146 Å². The molecule has 0 fully saturated rings. The molecule has 1 aromatic heterocycles. The minimum absolute atomic E-state index is 0.0123. The summed E-state index contributed by atoms with van der Waals surface area (Å²) in [4.78, 5) is 24.2. The molecule has 0 spiro atoms. The molecule has 0 aliphatic carbocycles. The molecule has 2 heterocycles. The predicted octanol–water partition coefficient (Wildman–Crippen LogP) is 2.59. The quantitative estimate of drug-likeness (QED) is 0.928. The molecule has 1 atom stereocenters. The van der Waals surface area contributed by atoms with Gasteiger partial charge in [-0.3, -0.25) is 4.79 Å². The lowest BCUT2D eigenvalue weighted by Gasteiger charge is -2.20. The summed E-state index contributed by atoms with van der Waals surface area (Å²) in [7, 11) is 3.83. The molecule has 1 amide bonds. The predicted molar refractivity (Wildman–Crippen MR) is 94.8 cm³/mol. The van der Waals surface area contributed by atoms with E-state index in [9.17, 15) is 9.18 Å². The van der Waals surface area contributed by atoms with Gasteiger partial charge in [-0.2, -0.15) is 4.98 Å². The Morgan fingerprint density at radius 3 is 2.88 bits per heavy atom. The summed E-state index contributed by atoms with van der Waals surface area (Å²) < 4.78 is 13.7. The van der Waals surface area contributed by atoms with Crippen LogP contribution in [0.5, 0.6) is 0 Å². The topological polar surface area (TPSA) is 61.4 Å². The monoisotopic (exact) mass is 343 g/mol. The smallest absolute Gasteiger partial charge is 0.225 e. The number of carbonyl (C=O) groups is 1. The number of hydrogen-bond donors (Lipinski definition) is 1. The van der Waals surface area contributed by atoms with Crippen LogP contribution in [0.25, 0.3) is 0 Å². The van der Waals surface area contributed by atoms with Crippen LogP contribution < -0.4 is 10.2 Å². The van der Waals surface area contributed by atoms with Crippen LogP contribution in [0.4, 0.5) is 16.2 Å². The zero-order valence-corrected chi connectivity index (χ0v) is 14.7. The zero-order valence-electron chi connectivity index (χ0n) is 14.7. The molecule has 0 saturated carbocycles. The molecule has 0 bridgehead atoms. The van der Waals surface area contributed by atoms with Crippen LogP contribution in [0.2, 0.25) is 0 Å².